The zero-order valence-corrected chi connectivity index (χ0v) is 11.0. The first kappa shape index (κ1) is 14.7. The highest BCUT2D eigenvalue weighted by atomic mass is 16.6. The van der Waals surface area contributed by atoms with E-state index < -0.39 is 10.9 Å². The second-order valence-electron chi connectivity index (χ2n) is 3.95. The molecule has 19 heavy (non-hydrogen) atoms. The minimum absolute atomic E-state index is 0.0747. The van der Waals surface area contributed by atoms with Crippen LogP contribution in [0.25, 0.3) is 0 Å². The third-order valence-corrected chi connectivity index (χ3v) is 2.73. The van der Waals surface area contributed by atoms with Crippen molar-refractivity contribution < 1.29 is 19.2 Å². The number of amides is 1. The molecule has 0 aliphatic heterocycles. The Labute approximate surface area is 109 Å². The molecule has 1 aromatic rings. The number of carbonyl (C=O) groups is 2. The Bertz CT molecular complexity index is 508. The van der Waals surface area contributed by atoms with Crippen molar-refractivity contribution in [2.24, 2.45) is 7.05 Å². The highest BCUT2D eigenvalue weighted by Crippen LogP contribution is 2.16. The summed E-state index contributed by atoms with van der Waals surface area (Å²) in [5.74, 6) is -0.971. The van der Waals surface area contributed by atoms with E-state index in [0.717, 1.165) is 0 Å². The molecule has 0 saturated carbocycles. The second-order valence-corrected chi connectivity index (χ2v) is 3.95. The quantitative estimate of drug-likeness (QED) is 0.442. The molecule has 8 nitrogen and oxygen atoms in total. The predicted octanol–water partition coefficient (Wildman–Crippen LogP) is 0.568. The van der Waals surface area contributed by atoms with Crippen LogP contribution in [0.2, 0.25) is 0 Å². The lowest BCUT2D eigenvalue weighted by atomic mass is 10.3. The number of esters is 1. The molecule has 1 rings (SSSR count). The summed E-state index contributed by atoms with van der Waals surface area (Å²) in [4.78, 5) is 34.4. The molecular weight excluding hydrogens is 254 g/mol. The fourth-order valence-corrected chi connectivity index (χ4v) is 1.56. The largest absolute Gasteiger partial charge is 0.469 e. The maximum atomic E-state index is 12.0. The minimum atomic E-state index is -0.564. The summed E-state index contributed by atoms with van der Waals surface area (Å²) in [5.41, 5.74) is 0.194. The molecule has 0 aliphatic rings. The van der Waals surface area contributed by atoms with E-state index in [-0.39, 0.29) is 30.4 Å². The second kappa shape index (κ2) is 5.98. The molecule has 0 saturated heterocycles. The molecule has 0 unspecified atom stereocenters. The third-order valence-electron chi connectivity index (χ3n) is 2.73. The lowest BCUT2D eigenvalue weighted by molar-refractivity contribution is -0.391. The van der Waals surface area contributed by atoms with Gasteiger partial charge in [0, 0.05) is 19.7 Å². The molecule has 0 radical (unpaired) electrons. The van der Waals surface area contributed by atoms with Crippen LogP contribution in [0.1, 0.15) is 16.9 Å². The zero-order chi connectivity index (χ0) is 14.6. The first-order chi connectivity index (χ1) is 8.88. The Morgan fingerprint density at radius 2 is 2.11 bits per heavy atom. The number of aromatic nitrogens is 1. The Hall–Kier alpha value is -2.38. The van der Waals surface area contributed by atoms with Gasteiger partial charge in [0.25, 0.3) is 5.91 Å². The van der Waals surface area contributed by atoms with Gasteiger partial charge in [0.2, 0.25) is 0 Å². The van der Waals surface area contributed by atoms with Crippen molar-refractivity contribution in [2.75, 3.05) is 20.7 Å². The molecule has 0 aliphatic carbocycles. The lowest BCUT2D eigenvalue weighted by Crippen LogP contribution is -2.30. The van der Waals surface area contributed by atoms with Crippen molar-refractivity contribution >= 4 is 17.7 Å². The number of nitro groups is 1. The van der Waals surface area contributed by atoms with Gasteiger partial charge in [-0.25, -0.2) is 4.57 Å². The minimum Gasteiger partial charge on any atom is -0.469 e. The van der Waals surface area contributed by atoms with Crippen molar-refractivity contribution in [3.05, 3.63) is 27.9 Å². The summed E-state index contributed by atoms with van der Waals surface area (Å²) >= 11 is 0. The monoisotopic (exact) mass is 269 g/mol. The topological polar surface area (TPSA) is 94.7 Å². The number of carbonyl (C=O) groups excluding carboxylic acids is 2. The van der Waals surface area contributed by atoms with E-state index in [1.54, 1.807) is 0 Å². The highest BCUT2D eigenvalue weighted by molar-refractivity contribution is 5.93. The van der Waals surface area contributed by atoms with Crippen molar-refractivity contribution in [3.63, 3.8) is 0 Å². The van der Waals surface area contributed by atoms with Crippen LogP contribution in [-0.2, 0) is 16.6 Å². The van der Waals surface area contributed by atoms with Crippen LogP contribution in [0, 0.1) is 10.1 Å². The van der Waals surface area contributed by atoms with Gasteiger partial charge in [-0.1, -0.05) is 0 Å². The number of methoxy groups -OCH3 is 1. The van der Waals surface area contributed by atoms with Crippen molar-refractivity contribution in [1.29, 1.82) is 0 Å². The van der Waals surface area contributed by atoms with Gasteiger partial charge in [-0.05, 0) is 11.0 Å². The van der Waals surface area contributed by atoms with Gasteiger partial charge < -0.3 is 19.8 Å². The maximum absolute atomic E-state index is 12.0. The van der Waals surface area contributed by atoms with Crippen LogP contribution in [0.5, 0.6) is 0 Å². The van der Waals surface area contributed by atoms with Gasteiger partial charge in [-0.3, -0.25) is 9.59 Å². The van der Waals surface area contributed by atoms with E-state index in [9.17, 15) is 19.7 Å². The summed E-state index contributed by atoms with van der Waals surface area (Å²) in [5, 5.41) is 10.7. The Balaban J connectivity index is 2.77. The lowest BCUT2D eigenvalue weighted by Gasteiger charge is -2.15. The first-order valence-electron chi connectivity index (χ1n) is 5.51. The molecular formula is C11H15N3O5. The summed E-state index contributed by atoms with van der Waals surface area (Å²) < 4.78 is 5.68. The predicted molar refractivity (Wildman–Crippen MR) is 65.7 cm³/mol. The number of nitrogens with zero attached hydrogens (tertiary/aromatic N) is 3. The molecule has 0 spiro atoms. The fourth-order valence-electron chi connectivity index (χ4n) is 1.56. The number of ether oxygens (including phenoxy) is 1. The van der Waals surface area contributed by atoms with Gasteiger partial charge >= 0.3 is 11.8 Å². The Morgan fingerprint density at radius 1 is 1.47 bits per heavy atom. The number of rotatable bonds is 5. The smallest absolute Gasteiger partial charge is 0.323 e. The molecule has 1 amide bonds. The third kappa shape index (κ3) is 3.30. The van der Waals surface area contributed by atoms with E-state index in [1.807, 2.05) is 0 Å². The van der Waals surface area contributed by atoms with Gasteiger partial charge in [0.1, 0.15) is 0 Å². The molecule has 0 aromatic carbocycles. The molecule has 1 aromatic heterocycles. The summed E-state index contributed by atoms with van der Waals surface area (Å²) in [6, 6.07) is 2.65. The molecule has 8 heteroatoms. The molecule has 0 bridgehead atoms. The Morgan fingerprint density at radius 3 is 2.58 bits per heavy atom. The molecule has 0 fully saturated rings. The van der Waals surface area contributed by atoms with Crippen molar-refractivity contribution in [3.8, 4) is 0 Å². The van der Waals surface area contributed by atoms with Crippen molar-refractivity contribution in [1.82, 2.24) is 9.47 Å². The van der Waals surface area contributed by atoms with Gasteiger partial charge in [-0.2, -0.15) is 0 Å². The van der Waals surface area contributed by atoms with E-state index in [1.165, 1.54) is 42.8 Å². The van der Waals surface area contributed by atoms with Gasteiger partial charge in [0.05, 0.1) is 20.6 Å². The SMILES string of the molecule is COC(=O)CCN(C)C(=O)c1ccc([N+](=O)[O-])n1C. The van der Waals surface area contributed by atoms with Gasteiger partial charge in [0.15, 0.2) is 5.69 Å². The van der Waals surface area contributed by atoms with E-state index in [0.29, 0.717) is 0 Å². The number of hydrogen-bond donors (Lipinski definition) is 0. The van der Waals surface area contributed by atoms with Crippen LogP contribution in [-0.4, -0.2) is 47.0 Å². The summed E-state index contributed by atoms with van der Waals surface area (Å²) in [7, 11) is 4.23. The summed E-state index contributed by atoms with van der Waals surface area (Å²) in [6.45, 7) is 0.185. The molecule has 0 N–H and O–H groups in total. The zero-order valence-electron chi connectivity index (χ0n) is 11.0. The van der Waals surface area contributed by atoms with E-state index >= 15 is 0 Å². The average molecular weight is 269 g/mol. The van der Waals surface area contributed by atoms with Crippen LogP contribution in [0.3, 0.4) is 0 Å². The van der Waals surface area contributed by atoms with Crippen molar-refractivity contribution in [2.45, 2.75) is 6.42 Å². The van der Waals surface area contributed by atoms with E-state index in [4.69, 9.17) is 0 Å². The maximum Gasteiger partial charge on any atom is 0.323 e. The van der Waals surface area contributed by atoms with Crippen LogP contribution in [0.4, 0.5) is 5.82 Å². The first-order valence-corrected chi connectivity index (χ1v) is 5.51. The van der Waals surface area contributed by atoms with Crippen LogP contribution in [0.15, 0.2) is 12.1 Å². The molecule has 1 heterocycles. The fraction of sp³-hybridized carbons (Fsp3) is 0.455. The normalized spacial score (nSPS) is 10.1. The Kier molecular flexibility index (Phi) is 4.62. The summed E-state index contributed by atoms with van der Waals surface area (Å²) in [6.07, 6.45) is 0.0747. The number of hydrogen-bond acceptors (Lipinski definition) is 5. The molecule has 0 atom stereocenters. The van der Waals surface area contributed by atoms with Crippen LogP contribution < -0.4 is 0 Å². The average Bonchev–Trinajstić information content (AvgIpc) is 2.76. The molecule has 104 valence electrons. The van der Waals surface area contributed by atoms with E-state index in [2.05, 4.69) is 4.74 Å². The standard InChI is InChI=1S/C11H15N3O5/c1-12(7-6-10(15)19-3)11(16)8-4-5-9(13(8)2)14(17)18/h4-5H,6-7H2,1-3H3. The highest BCUT2D eigenvalue weighted by Gasteiger charge is 2.23. The van der Waals surface area contributed by atoms with Gasteiger partial charge in [-0.15, -0.1) is 0 Å². The van der Waals surface area contributed by atoms with Crippen LogP contribution >= 0.6 is 0 Å².